The molecule has 112 valence electrons. The zero-order valence-corrected chi connectivity index (χ0v) is 12.1. The predicted molar refractivity (Wildman–Crippen MR) is 74.3 cm³/mol. The number of nitrogens with zero attached hydrogens (tertiary/aromatic N) is 2. The van der Waals surface area contributed by atoms with Gasteiger partial charge in [0.15, 0.2) is 5.03 Å². The lowest BCUT2D eigenvalue weighted by Crippen LogP contribution is -2.39. The largest absolute Gasteiger partial charge is 0.337 e. The highest BCUT2D eigenvalue weighted by atomic mass is 32.2. The molecule has 10 heteroatoms. The smallest absolute Gasteiger partial charge is 0.316 e. The fraction of sp³-hybridized carbons (Fsp3) is 0.400. The fourth-order valence-electron chi connectivity index (χ4n) is 1.30. The van der Waals surface area contributed by atoms with Gasteiger partial charge in [0.05, 0.1) is 5.69 Å². The number of hydrazine groups is 1. The van der Waals surface area contributed by atoms with Crippen LogP contribution in [-0.4, -0.2) is 51.5 Å². The maximum Gasteiger partial charge on any atom is 0.316 e. The van der Waals surface area contributed by atoms with Crippen molar-refractivity contribution in [2.24, 2.45) is 5.84 Å². The van der Waals surface area contributed by atoms with Crippen molar-refractivity contribution in [1.29, 1.82) is 0 Å². The molecule has 0 fully saturated rings. The number of carbonyl (C=O) groups is 1. The number of pyridine rings is 1. The van der Waals surface area contributed by atoms with Crippen LogP contribution in [0.15, 0.2) is 23.4 Å². The third-order valence-corrected chi connectivity index (χ3v) is 3.70. The molecule has 0 aliphatic rings. The standard InChI is InChI=1S/C10H18N6O3S/c1-16(2)10(17)13-6-7-14-20(18,19)9-8(15-11)4-3-5-12-9/h3-5,14-15H,6-7,11H2,1-2H3,(H,13,17). The van der Waals surface area contributed by atoms with Gasteiger partial charge in [-0.25, -0.2) is 22.9 Å². The molecule has 1 aromatic rings. The summed E-state index contributed by atoms with van der Waals surface area (Å²) in [6.45, 7) is 0.205. The second-order valence-corrected chi connectivity index (χ2v) is 5.71. The van der Waals surface area contributed by atoms with E-state index in [0.717, 1.165) is 0 Å². The predicted octanol–water partition coefficient (Wildman–Crippen LogP) is -1.08. The number of carbonyl (C=O) groups excluding carboxylic acids is 1. The summed E-state index contributed by atoms with van der Waals surface area (Å²) in [6.07, 6.45) is 1.35. The van der Waals surface area contributed by atoms with Gasteiger partial charge in [-0.15, -0.1) is 0 Å². The molecule has 0 bridgehead atoms. The monoisotopic (exact) mass is 302 g/mol. The van der Waals surface area contributed by atoms with Crippen molar-refractivity contribution in [1.82, 2.24) is 19.9 Å². The van der Waals surface area contributed by atoms with Gasteiger partial charge in [-0.1, -0.05) is 0 Å². The third kappa shape index (κ3) is 4.33. The van der Waals surface area contributed by atoms with E-state index in [1.165, 1.54) is 17.2 Å². The molecule has 5 N–H and O–H groups in total. The van der Waals surface area contributed by atoms with E-state index in [1.54, 1.807) is 20.2 Å². The normalized spacial score (nSPS) is 10.9. The van der Waals surface area contributed by atoms with Gasteiger partial charge in [0.25, 0.3) is 10.0 Å². The second kappa shape index (κ2) is 7.03. The molecule has 0 aliphatic carbocycles. The highest BCUT2D eigenvalue weighted by Crippen LogP contribution is 2.15. The summed E-state index contributed by atoms with van der Waals surface area (Å²) >= 11 is 0. The van der Waals surface area contributed by atoms with E-state index in [0.29, 0.717) is 0 Å². The number of nitrogen functional groups attached to an aromatic ring is 1. The lowest BCUT2D eigenvalue weighted by atomic mass is 10.4. The molecular weight excluding hydrogens is 284 g/mol. The molecule has 20 heavy (non-hydrogen) atoms. The van der Waals surface area contributed by atoms with Crippen molar-refractivity contribution in [2.45, 2.75) is 5.03 Å². The van der Waals surface area contributed by atoms with Crippen LogP contribution < -0.4 is 21.3 Å². The van der Waals surface area contributed by atoms with Gasteiger partial charge in [0.2, 0.25) is 0 Å². The van der Waals surface area contributed by atoms with Crippen LogP contribution in [0.2, 0.25) is 0 Å². The number of amides is 2. The number of sulfonamides is 1. The number of hydrogen-bond acceptors (Lipinski definition) is 6. The van der Waals surface area contributed by atoms with Gasteiger partial charge in [-0.05, 0) is 12.1 Å². The summed E-state index contributed by atoms with van der Waals surface area (Å²) in [7, 11) is -0.610. The zero-order valence-electron chi connectivity index (χ0n) is 11.3. The topological polar surface area (TPSA) is 129 Å². The molecule has 0 aromatic carbocycles. The van der Waals surface area contributed by atoms with E-state index in [1.807, 2.05) is 0 Å². The number of nitrogens with one attached hydrogen (secondary N) is 3. The third-order valence-electron chi connectivity index (χ3n) is 2.28. The van der Waals surface area contributed by atoms with Crippen LogP contribution >= 0.6 is 0 Å². The number of rotatable bonds is 6. The molecular formula is C10H18N6O3S. The van der Waals surface area contributed by atoms with Crippen LogP contribution in [0.3, 0.4) is 0 Å². The van der Waals surface area contributed by atoms with Gasteiger partial charge < -0.3 is 15.6 Å². The van der Waals surface area contributed by atoms with Crippen molar-refractivity contribution >= 4 is 21.7 Å². The number of hydrogen-bond donors (Lipinski definition) is 4. The highest BCUT2D eigenvalue weighted by molar-refractivity contribution is 7.89. The molecule has 1 rings (SSSR count). The lowest BCUT2D eigenvalue weighted by molar-refractivity contribution is 0.217. The van der Waals surface area contributed by atoms with Crippen molar-refractivity contribution in [3.63, 3.8) is 0 Å². The Hall–Kier alpha value is -1.91. The van der Waals surface area contributed by atoms with Crippen LogP contribution in [0, 0.1) is 0 Å². The Morgan fingerprint density at radius 1 is 1.40 bits per heavy atom. The summed E-state index contributed by atoms with van der Waals surface area (Å²) in [5.74, 6) is 5.23. The Bertz CT molecular complexity index is 560. The quantitative estimate of drug-likeness (QED) is 0.300. The van der Waals surface area contributed by atoms with E-state index in [-0.39, 0.29) is 29.8 Å². The van der Waals surface area contributed by atoms with E-state index in [2.05, 4.69) is 20.4 Å². The molecule has 2 amide bonds. The average Bonchev–Trinajstić information content (AvgIpc) is 2.43. The van der Waals surface area contributed by atoms with Crippen LogP contribution in [0.4, 0.5) is 10.5 Å². The number of urea groups is 1. The van der Waals surface area contributed by atoms with Crippen molar-refractivity contribution < 1.29 is 13.2 Å². The molecule has 0 saturated heterocycles. The first kappa shape index (κ1) is 16.1. The Morgan fingerprint density at radius 2 is 2.10 bits per heavy atom. The Kier molecular flexibility index (Phi) is 5.67. The maximum atomic E-state index is 12.0. The van der Waals surface area contributed by atoms with E-state index in [4.69, 9.17) is 5.84 Å². The first-order chi connectivity index (χ1) is 9.38. The molecule has 0 atom stereocenters. The van der Waals surface area contributed by atoms with Crippen LogP contribution in [-0.2, 0) is 10.0 Å². The molecule has 0 aliphatic heterocycles. The summed E-state index contributed by atoms with van der Waals surface area (Å²) in [6, 6.07) is 2.76. The summed E-state index contributed by atoms with van der Waals surface area (Å²) in [5.41, 5.74) is 2.46. The van der Waals surface area contributed by atoms with Crippen LogP contribution in [0.25, 0.3) is 0 Å². The second-order valence-electron chi connectivity index (χ2n) is 4.02. The molecule has 0 unspecified atom stereocenters. The van der Waals surface area contributed by atoms with Gasteiger partial charge in [-0.3, -0.25) is 5.84 Å². The minimum absolute atomic E-state index is 0.0441. The molecule has 9 nitrogen and oxygen atoms in total. The van der Waals surface area contributed by atoms with E-state index < -0.39 is 10.0 Å². The van der Waals surface area contributed by atoms with E-state index in [9.17, 15) is 13.2 Å². The number of anilines is 1. The van der Waals surface area contributed by atoms with Crippen molar-refractivity contribution in [2.75, 3.05) is 32.6 Å². The van der Waals surface area contributed by atoms with Gasteiger partial charge >= 0.3 is 6.03 Å². The number of aromatic nitrogens is 1. The Morgan fingerprint density at radius 3 is 2.70 bits per heavy atom. The molecule has 0 radical (unpaired) electrons. The average molecular weight is 302 g/mol. The highest BCUT2D eigenvalue weighted by Gasteiger charge is 2.19. The van der Waals surface area contributed by atoms with Crippen molar-refractivity contribution in [3.8, 4) is 0 Å². The maximum absolute atomic E-state index is 12.0. The van der Waals surface area contributed by atoms with Crippen LogP contribution in [0.1, 0.15) is 0 Å². The Labute approximate surface area is 117 Å². The number of nitrogens with two attached hydrogens (primary N) is 1. The fourth-order valence-corrected chi connectivity index (χ4v) is 2.42. The van der Waals surface area contributed by atoms with E-state index >= 15 is 0 Å². The summed E-state index contributed by atoms with van der Waals surface area (Å²) in [5, 5.41) is 2.34. The molecule has 0 spiro atoms. The van der Waals surface area contributed by atoms with Crippen LogP contribution in [0.5, 0.6) is 0 Å². The lowest BCUT2D eigenvalue weighted by Gasteiger charge is -2.13. The molecule has 1 heterocycles. The minimum atomic E-state index is -3.79. The zero-order chi connectivity index (χ0) is 15.2. The SMILES string of the molecule is CN(C)C(=O)NCCNS(=O)(=O)c1ncccc1NN. The summed E-state index contributed by atoms with van der Waals surface area (Å²) in [4.78, 5) is 16.4. The minimum Gasteiger partial charge on any atom is -0.337 e. The van der Waals surface area contributed by atoms with Gasteiger partial charge in [0, 0.05) is 33.4 Å². The molecule has 1 aromatic heterocycles. The summed E-state index contributed by atoms with van der Waals surface area (Å²) < 4.78 is 26.3. The first-order valence-electron chi connectivity index (χ1n) is 5.75. The van der Waals surface area contributed by atoms with Crippen molar-refractivity contribution in [3.05, 3.63) is 18.3 Å². The van der Waals surface area contributed by atoms with Gasteiger partial charge in [-0.2, -0.15) is 0 Å². The molecule has 0 saturated carbocycles. The van der Waals surface area contributed by atoms with Gasteiger partial charge in [0.1, 0.15) is 0 Å². The Balaban J connectivity index is 2.60. The first-order valence-corrected chi connectivity index (χ1v) is 7.23.